The van der Waals surface area contributed by atoms with Crippen LogP contribution < -0.4 is 4.74 Å². The molecular formula is C23H15N3O7. The summed E-state index contributed by atoms with van der Waals surface area (Å²) in [5.41, 5.74) is 1.80. The molecule has 0 aromatic heterocycles. The highest BCUT2D eigenvalue weighted by molar-refractivity contribution is 6.12. The molecule has 3 aromatic carbocycles. The molecule has 4 rings (SSSR count). The quantitative estimate of drug-likeness (QED) is 0.227. The molecule has 1 aliphatic rings. The number of carbonyl (C=O) groups excluding carboxylic acids is 1. The van der Waals surface area contributed by atoms with Gasteiger partial charge in [-0.15, -0.1) is 0 Å². The van der Waals surface area contributed by atoms with E-state index in [1.165, 1.54) is 36.4 Å². The molecule has 0 atom stereocenters. The number of nitro groups is 2. The molecule has 164 valence electrons. The number of cyclic esters (lactones) is 1. The fraction of sp³-hybridized carbons (Fsp3) is 0.0435. The molecule has 0 radical (unpaired) electrons. The van der Waals surface area contributed by atoms with Gasteiger partial charge in [0.05, 0.1) is 9.85 Å². The molecule has 10 nitrogen and oxygen atoms in total. The number of aliphatic imine (C=N–C) groups is 1. The summed E-state index contributed by atoms with van der Waals surface area (Å²) in [6.45, 7) is 0.164. The monoisotopic (exact) mass is 445 g/mol. The smallest absolute Gasteiger partial charge is 0.363 e. The lowest BCUT2D eigenvalue weighted by Crippen LogP contribution is -2.05. The highest BCUT2D eigenvalue weighted by Gasteiger charge is 2.24. The largest absolute Gasteiger partial charge is 0.489 e. The molecule has 0 saturated carbocycles. The van der Waals surface area contributed by atoms with Crippen LogP contribution in [0.5, 0.6) is 5.75 Å². The van der Waals surface area contributed by atoms with Crippen LogP contribution in [-0.2, 0) is 16.1 Å². The Labute approximate surface area is 186 Å². The number of nitrogens with zero attached hydrogens (tertiary/aromatic N) is 3. The molecule has 0 aliphatic carbocycles. The van der Waals surface area contributed by atoms with E-state index in [-0.39, 0.29) is 29.6 Å². The number of ether oxygens (including phenoxy) is 2. The lowest BCUT2D eigenvalue weighted by Gasteiger charge is -2.06. The van der Waals surface area contributed by atoms with Gasteiger partial charge >= 0.3 is 5.97 Å². The Kier molecular flexibility index (Phi) is 5.90. The first-order valence-electron chi connectivity index (χ1n) is 9.62. The van der Waals surface area contributed by atoms with Crippen molar-refractivity contribution in [2.45, 2.75) is 6.61 Å². The van der Waals surface area contributed by atoms with Gasteiger partial charge in [-0.1, -0.05) is 24.3 Å². The van der Waals surface area contributed by atoms with Crippen LogP contribution >= 0.6 is 0 Å². The summed E-state index contributed by atoms with van der Waals surface area (Å²) in [4.78, 5) is 37.0. The van der Waals surface area contributed by atoms with E-state index in [9.17, 15) is 25.0 Å². The molecule has 0 fully saturated rings. The summed E-state index contributed by atoms with van der Waals surface area (Å²) in [6, 6.07) is 18.6. The van der Waals surface area contributed by atoms with E-state index < -0.39 is 15.8 Å². The number of hydrogen-bond acceptors (Lipinski definition) is 8. The van der Waals surface area contributed by atoms with Crippen molar-refractivity contribution in [3.05, 3.63) is 115 Å². The fourth-order valence-corrected chi connectivity index (χ4v) is 3.00. The number of nitro benzene ring substituents is 2. The summed E-state index contributed by atoms with van der Waals surface area (Å²) in [5, 5.41) is 21.6. The zero-order valence-electron chi connectivity index (χ0n) is 16.9. The first-order valence-corrected chi connectivity index (χ1v) is 9.62. The van der Waals surface area contributed by atoms with Crippen molar-refractivity contribution in [3.63, 3.8) is 0 Å². The van der Waals surface area contributed by atoms with Gasteiger partial charge in [-0.2, -0.15) is 0 Å². The van der Waals surface area contributed by atoms with Crippen LogP contribution in [0.1, 0.15) is 16.7 Å². The molecule has 10 heteroatoms. The first kappa shape index (κ1) is 21.4. The second-order valence-electron chi connectivity index (χ2n) is 6.92. The van der Waals surface area contributed by atoms with Gasteiger partial charge in [0.1, 0.15) is 12.4 Å². The molecule has 0 N–H and O–H groups in total. The van der Waals surface area contributed by atoms with E-state index in [1.54, 1.807) is 42.5 Å². The molecule has 0 bridgehead atoms. The van der Waals surface area contributed by atoms with Crippen molar-refractivity contribution in [1.82, 2.24) is 0 Å². The highest BCUT2D eigenvalue weighted by Crippen LogP contribution is 2.22. The van der Waals surface area contributed by atoms with Crippen molar-refractivity contribution >= 4 is 29.3 Å². The van der Waals surface area contributed by atoms with Gasteiger partial charge < -0.3 is 9.47 Å². The number of carbonyl (C=O) groups is 1. The van der Waals surface area contributed by atoms with Crippen LogP contribution in [0.3, 0.4) is 0 Å². The molecule has 33 heavy (non-hydrogen) atoms. The predicted octanol–water partition coefficient (Wildman–Crippen LogP) is 4.43. The van der Waals surface area contributed by atoms with E-state index in [0.29, 0.717) is 22.4 Å². The lowest BCUT2D eigenvalue weighted by molar-refractivity contribution is -0.385. The van der Waals surface area contributed by atoms with Crippen LogP contribution in [-0.4, -0.2) is 21.7 Å². The zero-order valence-corrected chi connectivity index (χ0v) is 16.9. The van der Waals surface area contributed by atoms with Crippen LogP contribution in [0, 0.1) is 20.2 Å². The van der Waals surface area contributed by atoms with Gasteiger partial charge in [0, 0.05) is 29.8 Å². The van der Waals surface area contributed by atoms with E-state index in [2.05, 4.69) is 4.99 Å². The Bertz CT molecular complexity index is 1300. The summed E-state index contributed by atoms with van der Waals surface area (Å²) in [7, 11) is 0. The molecule has 1 heterocycles. The average Bonchev–Trinajstić information content (AvgIpc) is 3.19. The lowest BCUT2D eigenvalue weighted by atomic mass is 10.2. The van der Waals surface area contributed by atoms with Gasteiger partial charge in [0.15, 0.2) is 5.70 Å². The third kappa shape index (κ3) is 5.07. The highest BCUT2D eigenvalue weighted by atomic mass is 16.6. The fourth-order valence-electron chi connectivity index (χ4n) is 3.00. The Hall–Kier alpha value is -4.86. The van der Waals surface area contributed by atoms with E-state index in [0.717, 1.165) is 0 Å². The molecule has 1 aliphatic heterocycles. The second kappa shape index (κ2) is 9.10. The third-order valence-electron chi connectivity index (χ3n) is 4.66. The zero-order chi connectivity index (χ0) is 23.4. The van der Waals surface area contributed by atoms with Crippen LogP contribution in [0.4, 0.5) is 11.4 Å². The molecule has 0 amide bonds. The number of hydrogen-bond donors (Lipinski definition) is 0. The van der Waals surface area contributed by atoms with Crippen molar-refractivity contribution < 1.29 is 24.1 Å². The van der Waals surface area contributed by atoms with Crippen LogP contribution in [0.25, 0.3) is 6.08 Å². The maximum absolute atomic E-state index is 12.2. The topological polar surface area (TPSA) is 134 Å². The maximum Gasteiger partial charge on any atom is 0.363 e. The molecular weight excluding hydrogens is 430 g/mol. The first-order chi connectivity index (χ1) is 15.9. The molecule has 0 spiro atoms. The van der Waals surface area contributed by atoms with Crippen LogP contribution in [0.15, 0.2) is 83.5 Å². The summed E-state index contributed by atoms with van der Waals surface area (Å²) >= 11 is 0. The third-order valence-corrected chi connectivity index (χ3v) is 4.66. The van der Waals surface area contributed by atoms with Gasteiger partial charge in [-0.3, -0.25) is 20.2 Å². The predicted molar refractivity (Wildman–Crippen MR) is 118 cm³/mol. The summed E-state index contributed by atoms with van der Waals surface area (Å²) in [6.07, 6.45) is 1.55. The summed E-state index contributed by atoms with van der Waals surface area (Å²) < 4.78 is 10.8. The van der Waals surface area contributed by atoms with E-state index in [1.807, 2.05) is 0 Å². The molecule has 0 saturated heterocycles. The minimum Gasteiger partial charge on any atom is -0.489 e. The minimum absolute atomic E-state index is 0.00447. The standard InChI is InChI=1S/C23H15N3O7/c27-23-21(24-22(33-23)17-6-8-18(9-7-17)25(28)29)13-15-4-10-20(11-5-15)32-14-16-2-1-3-19(12-16)26(30)31/h1-13H,14H2/b21-13-. The van der Waals surface area contributed by atoms with Gasteiger partial charge in [-0.05, 0) is 41.5 Å². The van der Waals surface area contributed by atoms with Gasteiger partial charge in [-0.25, -0.2) is 9.79 Å². The van der Waals surface area contributed by atoms with E-state index in [4.69, 9.17) is 9.47 Å². The Morgan fingerprint density at radius 1 is 0.909 bits per heavy atom. The molecule has 3 aromatic rings. The Morgan fingerprint density at radius 3 is 2.27 bits per heavy atom. The van der Waals surface area contributed by atoms with Crippen LogP contribution in [0.2, 0.25) is 0 Å². The van der Waals surface area contributed by atoms with Crippen molar-refractivity contribution in [1.29, 1.82) is 0 Å². The van der Waals surface area contributed by atoms with Crippen molar-refractivity contribution in [3.8, 4) is 5.75 Å². The summed E-state index contributed by atoms with van der Waals surface area (Å²) in [5.74, 6) is -0.0138. The maximum atomic E-state index is 12.2. The number of benzene rings is 3. The average molecular weight is 445 g/mol. The van der Waals surface area contributed by atoms with Crippen molar-refractivity contribution in [2.24, 2.45) is 4.99 Å². The van der Waals surface area contributed by atoms with E-state index >= 15 is 0 Å². The SMILES string of the molecule is O=C1OC(c2ccc([N+](=O)[O-])cc2)=N/C1=C\c1ccc(OCc2cccc([N+](=O)[O-])c2)cc1. The van der Waals surface area contributed by atoms with Crippen molar-refractivity contribution in [2.75, 3.05) is 0 Å². The van der Waals surface area contributed by atoms with Gasteiger partial charge in [0.25, 0.3) is 11.4 Å². The molecule has 0 unspecified atom stereocenters. The van der Waals surface area contributed by atoms with Gasteiger partial charge in [0.2, 0.25) is 5.90 Å². The second-order valence-corrected chi connectivity index (χ2v) is 6.92. The number of non-ortho nitro benzene ring substituents is 2. The minimum atomic E-state index is -0.630. The normalized spacial score (nSPS) is 14.0. The Morgan fingerprint density at radius 2 is 1.61 bits per heavy atom. The number of rotatable bonds is 7. The number of esters is 1. The Balaban J connectivity index is 1.43.